The summed E-state index contributed by atoms with van der Waals surface area (Å²) in [5.41, 5.74) is 2.34. The molecule has 0 unspecified atom stereocenters. The van der Waals surface area contributed by atoms with Crippen molar-refractivity contribution in [1.82, 2.24) is 4.98 Å². The van der Waals surface area contributed by atoms with Crippen molar-refractivity contribution < 1.29 is 13.2 Å². The Labute approximate surface area is 141 Å². The molecular weight excluding hydrogens is 324 g/mol. The quantitative estimate of drug-likeness (QED) is 0.909. The predicted octanol–water partition coefficient (Wildman–Crippen LogP) is 2.70. The number of hydrogen-bond acceptors (Lipinski definition) is 4. The van der Waals surface area contributed by atoms with E-state index in [4.69, 9.17) is 0 Å². The maximum atomic E-state index is 12.6. The Hall–Kier alpha value is -1.95. The number of anilines is 1. The first-order valence-corrected chi connectivity index (χ1v) is 10.1. The summed E-state index contributed by atoms with van der Waals surface area (Å²) in [6.07, 6.45) is 2.02. The zero-order valence-corrected chi connectivity index (χ0v) is 14.4. The molecule has 1 amide bonds. The van der Waals surface area contributed by atoms with E-state index in [2.05, 4.69) is 10.3 Å². The molecule has 1 atom stereocenters. The fourth-order valence-electron chi connectivity index (χ4n) is 3.78. The molecule has 2 aliphatic rings. The van der Waals surface area contributed by atoms with Crippen LogP contribution in [-0.2, 0) is 14.6 Å². The number of amides is 1. The maximum absolute atomic E-state index is 12.6. The number of carbonyl (C=O) groups excluding carboxylic acids is 1. The van der Waals surface area contributed by atoms with Gasteiger partial charge in [-0.15, -0.1) is 0 Å². The molecule has 126 valence electrons. The van der Waals surface area contributed by atoms with E-state index >= 15 is 0 Å². The van der Waals surface area contributed by atoms with Gasteiger partial charge in [-0.1, -0.05) is 18.2 Å². The molecule has 6 heteroatoms. The fraction of sp³-hybridized carbons (Fsp3) is 0.444. The summed E-state index contributed by atoms with van der Waals surface area (Å²) in [5.74, 6) is 0.343. The molecule has 1 N–H and O–H groups in total. The number of nitrogens with one attached hydrogen (secondary N) is 1. The van der Waals surface area contributed by atoms with Gasteiger partial charge in [0.2, 0.25) is 5.91 Å². The number of benzene rings is 1. The number of carbonyl (C=O) groups is 1. The summed E-state index contributed by atoms with van der Waals surface area (Å²) >= 11 is 0. The Kier molecular flexibility index (Phi) is 3.42. The van der Waals surface area contributed by atoms with Gasteiger partial charge in [0.25, 0.3) is 0 Å². The first-order chi connectivity index (χ1) is 11.4. The van der Waals surface area contributed by atoms with Gasteiger partial charge in [-0.25, -0.2) is 8.42 Å². The highest BCUT2D eigenvalue weighted by atomic mass is 32.2. The number of fused-ring (bicyclic) bond motifs is 1. The number of para-hydroxylation sites is 1. The van der Waals surface area contributed by atoms with E-state index in [0.717, 1.165) is 28.7 Å². The van der Waals surface area contributed by atoms with Gasteiger partial charge in [0.1, 0.15) is 9.84 Å². The van der Waals surface area contributed by atoms with E-state index in [9.17, 15) is 13.2 Å². The van der Waals surface area contributed by atoms with Crippen LogP contribution in [0.3, 0.4) is 0 Å². The second-order valence-electron chi connectivity index (χ2n) is 7.09. The van der Waals surface area contributed by atoms with Crippen LogP contribution in [0.5, 0.6) is 0 Å². The number of nitrogens with zero attached hydrogens (tertiary/aromatic N) is 1. The number of aromatic nitrogens is 1. The third kappa shape index (κ3) is 2.69. The van der Waals surface area contributed by atoms with E-state index in [-0.39, 0.29) is 28.7 Å². The van der Waals surface area contributed by atoms with Crippen molar-refractivity contribution >= 4 is 32.3 Å². The molecular formula is C18H20N2O3S. The molecule has 1 aliphatic carbocycles. The van der Waals surface area contributed by atoms with E-state index in [0.29, 0.717) is 12.8 Å². The maximum Gasteiger partial charge on any atom is 0.228 e. The molecule has 2 heterocycles. The topological polar surface area (TPSA) is 76.1 Å². The van der Waals surface area contributed by atoms with Crippen molar-refractivity contribution in [1.29, 1.82) is 0 Å². The van der Waals surface area contributed by atoms with Crippen molar-refractivity contribution in [2.45, 2.75) is 26.2 Å². The second-order valence-corrected chi connectivity index (χ2v) is 9.39. The van der Waals surface area contributed by atoms with E-state index < -0.39 is 9.84 Å². The predicted molar refractivity (Wildman–Crippen MR) is 93.5 cm³/mol. The van der Waals surface area contributed by atoms with Gasteiger partial charge in [0.15, 0.2) is 0 Å². The monoisotopic (exact) mass is 344 g/mol. The SMILES string of the molecule is Cc1ccc2cccc(NC(=O)[C@H]3CC34CCS(=O)(=O)CC4)c2n1. The van der Waals surface area contributed by atoms with Crippen LogP contribution in [0, 0.1) is 18.3 Å². The minimum absolute atomic E-state index is 0.00916. The highest BCUT2D eigenvalue weighted by molar-refractivity contribution is 7.91. The number of rotatable bonds is 2. The molecule has 1 saturated carbocycles. The largest absolute Gasteiger partial charge is 0.324 e. The molecule has 0 radical (unpaired) electrons. The lowest BCUT2D eigenvalue weighted by atomic mass is 9.96. The highest BCUT2D eigenvalue weighted by Crippen LogP contribution is 2.60. The van der Waals surface area contributed by atoms with Crippen molar-refractivity contribution in [3.8, 4) is 0 Å². The Morgan fingerprint density at radius 2 is 1.96 bits per heavy atom. The van der Waals surface area contributed by atoms with Crippen molar-refractivity contribution in [3.63, 3.8) is 0 Å². The number of aryl methyl sites for hydroxylation is 1. The first kappa shape index (κ1) is 15.6. The Morgan fingerprint density at radius 3 is 2.71 bits per heavy atom. The van der Waals surface area contributed by atoms with Gasteiger partial charge < -0.3 is 5.32 Å². The summed E-state index contributed by atoms with van der Waals surface area (Å²) in [6, 6.07) is 9.70. The van der Waals surface area contributed by atoms with Crippen LogP contribution in [0.2, 0.25) is 0 Å². The highest BCUT2D eigenvalue weighted by Gasteiger charge is 2.59. The van der Waals surface area contributed by atoms with Gasteiger partial charge in [0, 0.05) is 17.0 Å². The van der Waals surface area contributed by atoms with Gasteiger partial charge in [0.05, 0.1) is 22.7 Å². The summed E-state index contributed by atoms with van der Waals surface area (Å²) in [4.78, 5) is 17.2. The summed E-state index contributed by atoms with van der Waals surface area (Å²) in [5, 5.41) is 4.01. The molecule has 1 aliphatic heterocycles. The zero-order valence-electron chi connectivity index (χ0n) is 13.6. The number of hydrogen-bond donors (Lipinski definition) is 1. The van der Waals surface area contributed by atoms with Crippen LogP contribution in [0.4, 0.5) is 5.69 Å². The van der Waals surface area contributed by atoms with Crippen LogP contribution in [0.1, 0.15) is 25.0 Å². The van der Waals surface area contributed by atoms with Gasteiger partial charge in [-0.3, -0.25) is 9.78 Å². The molecule has 1 saturated heterocycles. The molecule has 1 spiro atoms. The van der Waals surface area contributed by atoms with Crippen molar-refractivity contribution in [2.75, 3.05) is 16.8 Å². The van der Waals surface area contributed by atoms with Crippen LogP contribution < -0.4 is 5.32 Å². The lowest BCUT2D eigenvalue weighted by Crippen LogP contribution is -2.28. The molecule has 0 bridgehead atoms. The third-order valence-corrected chi connectivity index (χ3v) is 7.10. The summed E-state index contributed by atoms with van der Waals surface area (Å²) in [6.45, 7) is 1.93. The lowest BCUT2D eigenvalue weighted by molar-refractivity contribution is -0.118. The van der Waals surface area contributed by atoms with Crippen LogP contribution in [0.25, 0.3) is 10.9 Å². The Morgan fingerprint density at radius 1 is 1.21 bits per heavy atom. The first-order valence-electron chi connectivity index (χ1n) is 8.26. The van der Waals surface area contributed by atoms with Crippen molar-refractivity contribution in [3.05, 3.63) is 36.0 Å². The molecule has 2 fully saturated rings. The summed E-state index contributed by atoms with van der Waals surface area (Å²) in [7, 11) is -2.90. The number of sulfone groups is 1. The molecule has 1 aromatic heterocycles. The normalized spacial score (nSPS) is 24.0. The van der Waals surface area contributed by atoms with Gasteiger partial charge in [-0.2, -0.15) is 0 Å². The Bertz CT molecular complexity index is 922. The zero-order chi connectivity index (χ0) is 16.9. The smallest absolute Gasteiger partial charge is 0.228 e. The van der Waals surface area contributed by atoms with Crippen LogP contribution in [0.15, 0.2) is 30.3 Å². The van der Waals surface area contributed by atoms with E-state index in [1.807, 2.05) is 37.3 Å². The van der Waals surface area contributed by atoms with Crippen LogP contribution in [-0.4, -0.2) is 30.8 Å². The Balaban J connectivity index is 1.53. The van der Waals surface area contributed by atoms with Crippen LogP contribution >= 0.6 is 0 Å². The lowest BCUT2D eigenvalue weighted by Gasteiger charge is -2.22. The van der Waals surface area contributed by atoms with E-state index in [1.165, 1.54) is 0 Å². The standard InChI is InChI=1S/C18H20N2O3S/c1-12-5-6-13-3-2-4-15(16(13)19-12)20-17(21)14-11-18(14)7-9-24(22,23)10-8-18/h2-6,14H,7-11H2,1H3,(H,20,21)/t14-/m1/s1. The molecule has 5 nitrogen and oxygen atoms in total. The number of pyridine rings is 1. The fourth-order valence-corrected chi connectivity index (χ4v) is 5.42. The van der Waals surface area contributed by atoms with Crippen molar-refractivity contribution in [2.24, 2.45) is 11.3 Å². The average Bonchev–Trinajstić information content (AvgIpc) is 3.26. The molecule has 4 rings (SSSR count). The summed E-state index contributed by atoms with van der Waals surface area (Å²) < 4.78 is 23.2. The average molecular weight is 344 g/mol. The molecule has 2 aromatic rings. The minimum atomic E-state index is -2.90. The minimum Gasteiger partial charge on any atom is -0.324 e. The van der Waals surface area contributed by atoms with Gasteiger partial charge >= 0.3 is 0 Å². The second kappa shape index (κ2) is 5.28. The third-order valence-electron chi connectivity index (χ3n) is 5.45. The van der Waals surface area contributed by atoms with E-state index in [1.54, 1.807) is 0 Å². The van der Waals surface area contributed by atoms with Gasteiger partial charge in [-0.05, 0) is 43.7 Å². The molecule has 24 heavy (non-hydrogen) atoms. The molecule has 1 aromatic carbocycles.